The van der Waals surface area contributed by atoms with Crippen LogP contribution in [0.15, 0.2) is 115 Å². The van der Waals surface area contributed by atoms with E-state index in [2.05, 4.69) is 33.1 Å². The summed E-state index contributed by atoms with van der Waals surface area (Å²) in [6.45, 7) is 0.482. The SMILES string of the molecule is NC(=O)CC[C@H](NC(=O)[C@@H]1Cc2cccc3c2N1C(=O)[C@@H](NC(=O)c1cc2cc(C(=O)P(=O)(O)O)cc(C(=O)NCCCCCCCCC#Cc4cccc5c4CN(C4CCC(=O)NC4=O)C5=O)c2s1)CC3)C(=O)CC(c1ccccc1)c1ccccc1. The number of aryl methyl sites for hydroxylation is 1. The van der Waals surface area contributed by atoms with E-state index in [1.165, 1.54) is 21.9 Å². The maximum Gasteiger partial charge on any atom is 0.396 e. The zero-order chi connectivity index (χ0) is 62.2. The molecule has 1 fully saturated rings. The van der Waals surface area contributed by atoms with Crippen LogP contribution in [-0.2, 0) is 52.7 Å². The summed E-state index contributed by atoms with van der Waals surface area (Å²) in [5.41, 5.74) is 9.33. The number of amides is 8. The molecular weight excluding hydrogens is 1160 g/mol. The minimum Gasteiger partial charge on any atom is -0.370 e. The van der Waals surface area contributed by atoms with Crippen LogP contribution in [0.2, 0.25) is 0 Å². The molecular formula is C66H66N7O13PS. The van der Waals surface area contributed by atoms with Crippen molar-refractivity contribution < 1.29 is 62.3 Å². The molecule has 454 valence electrons. The van der Waals surface area contributed by atoms with Gasteiger partial charge in [-0.05, 0) is 102 Å². The van der Waals surface area contributed by atoms with Gasteiger partial charge < -0.3 is 36.4 Å². The number of nitrogens with one attached hydrogen (secondary N) is 4. The van der Waals surface area contributed by atoms with Crippen molar-refractivity contribution in [1.29, 1.82) is 0 Å². The number of nitrogens with two attached hydrogens (primary N) is 1. The van der Waals surface area contributed by atoms with E-state index in [1.807, 2.05) is 84.9 Å². The molecule has 5 aromatic carbocycles. The first-order valence-electron chi connectivity index (χ1n) is 29.5. The Morgan fingerprint density at radius 1 is 0.784 bits per heavy atom. The number of unbranched alkanes of at least 4 members (excludes halogenated alkanes) is 6. The molecule has 10 rings (SSSR count). The summed E-state index contributed by atoms with van der Waals surface area (Å²) in [6, 6.07) is 29.3. The number of Topliss-reactive ketones (excluding diaryl/α,β-unsaturated/α-hetero) is 1. The molecule has 1 saturated heterocycles. The number of rotatable bonds is 24. The van der Waals surface area contributed by atoms with Gasteiger partial charge in [0.1, 0.15) is 18.1 Å². The average Bonchev–Trinajstić information content (AvgIpc) is 1.83. The van der Waals surface area contributed by atoms with E-state index >= 15 is 0 Å². The molecule has 20 nitrogen and oxygen atoms in total. The number of fused-ring (bicyclic) bond motifs is 2. The van der Waals surface area contributed by atoms with Crippen LogP contribution in [0.25, 0.3) is 10.1 Å². The van der Waals surface area contributed by atoms with Crippen LogP contribution in [0.3, 0.4) is 0 Å². The van der Waals surface area contributed by atoms with Gasteiger partial charge in [0.25, 0.3) is 23.2 Å². The monoisotopic (exact) mass is 1230 g/mol. The number of para-hydroxylation sites is 1. The standard InChI is InChI=1S/C66H66N7O13PS/c67-56(75)30-28-50(54(74)37-47(39-17-10-7-11-18-39)40-19-12-8-13-20-40)69-62(79)53-35-43-24-15-23-42-26-27-51(65(82)73(53)58(42)43)70-63(80)55-36-44-33-45(66(83)87(84,85)86)34-48(59(44)88-55)60(77)68-32-14-6-4-2-1-3-5-9-21-41-22-16-25-46-49(41)38-72(64(46)81)52-29-31-57(76)71-61(52)78/h7-8,10-13,15-20,22-25,33-34,36,47,50-53H,1-6,14,26-32,35,37-38H2,(H2,67,75)(H,68,77)(H,69,79)(H,70,80)(H,71,76,78)(H2,84,85,86)/t50-,51-,52?,53-/m0/s1. The van der Waals surface area contributed by atoms with Gasteiger partial charge >= 0.3 is 7.60 Å². The van der Waals surface area contributed by atoms with Crippen LogP contribution in [0.4, 0.5) is 5.69 Å². The fourth-order valence-electron chi connectivity index (χ4n) is 12.1. The Morgan fingerprint density at radius 2 is 1.48 bits per heavy atom. The zero-order valence-corrected chi connectivity index (χ0v) is 49.8. The average molecular weight is 1230 g/mol. The molecule has 4 atom stereocenters. The van der Waals surface area contributed by atoms with Crippen LogP contribution >= 0.6 is 18.9 Å². The van der Waals surface area contributed by atoms with Crippen molar-refractivity contribution in [2.24, 2.45) is 5.73 Å². The number of primary amides is 1. The predicted octanol–water partition coefficient (Wildman–Crippen LogP) is 7.04. The highest BCUT2D eigenvalue weighted by Gasteiger charge is 2.45. The van der Waals surface area contributed by atoms with Crippen molar-refractivity contribution in [2.45, 2.75) is 133 Å². The van der Waals surface area contributed by atoms with E-state index in [1.54, 1.807) is 12.1 Å². The summed E-state index contributed by atoms with van der Waals surface area (Å²) in [5.74, 6) is 1.40. The first-order valence-corrected chi connectivity index (χ1v) is 31.9. The molecule has 0 radical (unpaired) electrons. The summed E-state index contributed by atoms with van der Waals surface area (Å²) in [4.78, 5) is 157. The topological polar surface area (TPSA) is 309 Å². The van der Waals surface area contributed by atoms with Crippen LogP contribution in [-0.4, -0.2) is 104 Å². The molecule has 0 spiro atoms. The molecule has 22 heteroatoms. The quantitative estimate of drug-likeness (QED) is 0.0139. The molecule has 0 bridgehead atoms. The number of imide groups is 1. The van der Waals surface area contributed by atoms with Crippen LogP contribution < -0.4 is 31.9 Å². The van der Waals surface area contributed by atoms with Crippen molar-refractivity contribution in [3.05, 3.63) is 170 Å². The summed E-state index contributed by atoms with van der Waals surface area (Å²) in [6.07, 6.45) is 6.24. The fraction of sp³-hybridized carbons (Fsp3) is 0.333. The maximum atomic E-state index is 14.9. The number of hydrogen-bond acceptors (Lipinski definition) is 12. The van der Waals surface area contributed by atoms with E-state index in [0.717, 1.165) is 82.9 Å². The highest BCUT2D eigenvalue weighted by atomic mass is 32.1. The number of benzene rings is 5. The van der Waals surface area contributed by atoms with Gasteiger partial charge in [-0.3, -0.25) is 62.7 Å². The van der Waals surface area contributed by atoms with Crippen LogP contribution in [0.1, 0.15) is 164 Å². The Balaban J connectivity index is 0.759. The minimum atomic E-state index is -5.31. The van der Waals surface area contributed by atoms with Crippen molar-refractivity contribution in [3.63, 3.8) is 0 Å². The van der Waals surface area contributed by atoms with Crippen molar-refractivity contribution in [1.82, 2.24) is 26.2 Å². The smallest absolute Gasteiger partial charge is 0.370 e. The summed E-state index contributed by atoms with van der Waals surface area (Å²) in [7, 11) is -5.31. The molecule has 4 aliphatic heterocycles. The molecule has 1 unspecified atom stereocenters. The molecule has 88 heavy (non-hydrogen) atoms. The van der Waals surface area contributed by atoms with Crippen molar-refractivity contribution >= 4 is 93.3 Å². The van der Waals surface area contributed by atoms with Gasteiger partial charge in [-0.2, -0.15) is 0 Å². The highest BCUT2D eigenvalue weighted by Crippen LogP contribution is 2.42. The summed E-state index contributed by atoms with van der Waals surface area (Å²) >= 11 is 0.898. The zero-order valence-electron chi connectivity index (χ0n) is 48.1. The Morgan fingerprint density at radius 3 is 2.18 bits per heavy atom. The maximum absolute atomic E-state index is 14.9. The molecule has 6 aromatic rings. The lowest BCUT2D eigenvalue weighted by Gasteiger charge is -2.29. The highest BCUT2D eigenvalue weighted by molar-refractivity contribution is 7.70. The van der Waals surface area contributed by atoms with E-state index in [-0.39, 0.29) is 102 Å². The molecule has 4 aliphatic rings. The van der Waals surface area contributed by atoms with Gasteiger partial charge in [0.05, 0.1) is 22.2 Å². The molecule has 8 amide bonds. The van der Waals surface area contributed by atoms with Gasteiger partial charge in [0.15, 0.2) is 5.78 Å². The second kappa shape index (κ2) is 27.4. The molecule has 5 heterocycles. The van der Waals surface area contributed by atoms with Gasteiger partial charge in [0.2, 0.25) is 29.5 Å². The van der Waals surface area contributed by atoms with Gasteiger partial charge in [0, 0.05) is 72.5 Å². The number of nitrogens with zero attached hydrogens (tertiary/aromatic N) is 2. The largest absolute Gasteiger partial charge is 0.396 e. The second-order valence-corrected chi connectivity index (χ2v) is 25.1. The Bertz CT molecular complexity index is 3850. The van der Waals surface area contributed by atoms with E-state index in [4.69, 9.17) is 5.73 Å². The fourth-order valence-corrected chi connectivity index (χ4v) is 13.7. The van der Waals surface area contributed by atoms with Crippen LogP contribution in [0.5, 0.6) is 0 Å². The Kier molecular flexibility index (Phi) is 19.4. The van der Waals surface area contributed by atoms with Gasteiger partial charge in [-0.25, -0.2) is 0 Å². The third kappa shape index (κ3) is 14.1. The number of carbonyl (C=O) groups excluding carboxylic acids is 10. The number of hydrogen-bond donors (Lipinski definition) is 7. The lowest BCUT2D eigenvalue weighted by Crippen LogP contribution is -2.56. The van der Waals surface area contributed by atoms with Gasteiger partial charge in [-0.1, -0.05) is 122 Å². The number of anilines is 1. The summed E-state index contributed by atoms with van der Waals surface area (Å²) < 4.78 is 12.5. The minimum absolute atomic E-state index is 0.0125. The second-order valence-electron chi connectivity index (χ2n) is 22.6. The summed E-state index contributed by atoms with van der Waals surface area (Å²) in [5, 5.41) is 11.1. The third-order valence-electron chi connectivity index (χ3n) is 16.6. The number of carbonyl (C=O) groups is 10. The van der Waals surface area contributed by atoms with Gasteiger partial charge in [-0.15, -0.1) is 11.3 Å². The van der Waals surface area contributed by atoms with E-state index < -0.39 is 78.3 Å². The number of thiophene rings is 1. The van der Waals surface area contributed by atoms with Crippen LogP contribution in [0, 0.1) is 11.8 Å². The lowest BCUT2D eigenvalue weighted by molar-refractivity contribution is -0.137. The van der Waals surface area contributed by atoms with E-state index in [0.29, 0.717) is 30.5 Å². The predicted molar refractivity (Wildman–Crippen MR) is 328 cm³/mol. The number of piperidine rings is 1. The number of ketones is 1. The third-order valence-corrected chi connectivity index (χ3v) is 18.6. The molecule has 0 aliphatic carbocycles. The molecule has 8 N–H and O–H groups in total. The lowest BCUT2D eigenvalue weighted by atomic mass is 9.85. The normalized spacial score (nSPS) is 17.3. The van der Waals surface area contributed by atoms with Crippen molar-refractivity contribution in [3.8, 4) is 11.8 Å². The molecule has 1 aromatic heterocycles. The van der Waals surface area contributed by atoms with E-state index in [9.17, 15) is 62.3 Å². The van der Waals surface area contributed by atoms with Crippen molar-refractivity contribution in [2.75, 3.05) is 11.4 Å². The first kappa shape index (κ1) is 62.1. The Labute approximate surface area is 511 Å². The first-order chi connectivity index (χ1) is 42.3. The molecule has 0 saturated carbocycles. The Hall–Kier alpha value is -8.93.